The molecule has 0 saturated carbocycles. The molecule has 1 aromatic carbocycles. The van der Waals surface area contributed by atoms with Crippen molar-refractivity contribution in [3.8, 4) is 0 Å². The summed E-state index contributed by atoms with van der Waals surface area (Å²) >= 11 is 1.62. The van der Waals surface area contributed by atoms with Gasteiger partial charge in [-0.1, -0.05) is 0 Å². The fourth-order valence-electron chi connectivity index (χ4n) is 1.24. The molecule has 3 N–H and O–H groups in total. The van der Waals surface area contributed by atoms with Gasteiger partial charge >= 0.3 is 0 Å². The van der Waals surface area contributed by atoms with Crippen LogP contribution < -0.4 is 10.5 Å². The third-order valence-corrected chi connectivity index (χ3v) is 5.44. The summed E-state index contributed by atoms with van der Waals surface area (Å²) in [5.74, 6) is 0. The Bertz CT molecular complexity index is 525. The SMILES string of the molecule is CSC(C)(C)CNS(=O)(=O)c1ccc(N)c(C)c1. The highest BCUT2D eigenvalue weighted by Gasteiger charge is 2.21. The number of hydrogen-bond donors (Lipinski definition) is 2. The van der Waals surface area contributed by atoms with Gasteiger partial charge in [-0.3, -0.25) is 0 Å². The van der Waals surface area contributed by atoms with Crippen molar-refractivity contribution in [1.82, 2.24) is 4.72 Å². The van der Waals surface area contributed by atoms with Crippen LogP contribution in [0.4, 0.5) is 5.69 Å². The summed E-state index contributed by atoms with van der Waals surface area (Å²) in [6.45, 7) is 6.17. The average Bonchev–Trinajstić information content (AvgIpc) is 2.30. The number of hydrogen-bond acceptors (Lipinski definition) is 4. The highest BCUT2D eigenvalue weighted by Crippen LogP contribution is 2.21. The van der Waals surface area contributed by atoms with Crippen molar-refractivity contribution in [2.75, 3.05) is 18.5 Å². The van der Waals surface area contributed by atoms with Gasteiger partial charge < -0.3 is 5.73 Å². The first-order valence-electron chi connectivity index (χ1n) is 5.59. The molecule has 4 nitrogen and oxygen atoms in total. The molecule has 0 fully saturated rings. The molecular weight excluding hydrogens is 268 g/mol. The Labute approximate surface area is 113 Å². The molecule has 0 unspecified atom stereocenters. The van der Waals surface area contributed by atoms with Crippen LogP contribution in [0, 0.1) is 6.92 Å². The van der Waals surface area contributed by atoms with Crippen molar-refractivity contribution in [1.29, 1.82) is 0 Å². The molecule has 0 amide bonds. The van der Waals surface area contributed by atoms with Gasteiger partial charge in [0.05, 0.1) is 4.90 Å². The van der Waals surface area contributed by atoms with Gasteiger partial charge in [-0.05, 0) is 50.8 Å². The molecule has 0 radical (unpaired) electrons. The van der Waals surface area contributed by atoms with Gasteiger partial charge in [0.2, 0.25) is 10.0 Å². The van der Waals surface area contributed by atoms with Crippen LogP contribution in [-0.4, -0.2) is 26.0 Å². The van der Waals surface area contributed by atoms with E-state index in [0.717, 1.165) is 5.56 Å². The zero-order chi connectivity index (χ0) is 14.0. The van der Waals surface area contributed by atoms with Gasteiger partial charge in [0.15, 0.2) is 0 Å². The second kappa shape index (κ2) is 5.50. The smallest absolute Gasteiger partial charge is 0.240 e. The van der Waals surface area contributed by atoms with E-state index in [2.05, 4.69) is 4.72 Å². The molecule has 0 aliphatic carbocycles. The van der Waals surface area contributed by atoms with Crippen molar-refractivity contribution in [3.63, 3.8) is 0 Å². The lowest BCUT2D eigenvalue weighted by molar-refractivity contribution is 0.570. The molecule has 1 rings (SSSR count). The van der Waals surface area contributed by atoms with Crippen LogP contribution in [0.2, 0.25) is 0 Å². The van der Waals surface area contributed by atoms with E-state index >= 15 is 0 Å². The maximum atomic E-state index is 12.1. The maximum absolute atomic E-state index is 12.1. The maximum Gasteiger partial charge on any atom is 0.240 e. The number of thioether (sulfide) groups is 1. The molecule has 0 aromatic heterocycles. The van der Waals surface area contributed by atoms with Crippen LogP contribution in [0.1, 0.15) is 19.4 Å². The normalized spacial score (nSPS) is 12.7. The summed E-state index contributed by atoms with van der Waals surface area (Å²) in [6.07, 6.45) is 1.96. The van der Waals surface area contributed by atoms with Crippen molar-refractivity contribution in [2.24, 2.45) is 0 Å². The summed E-state index contributed by atoms with van der Waals surface area (Å²) in [5.41, 5.74) is 7.04. The first kappa shape index (κ1) is 15.3. The Balaban J connectivity index is 2.90. The summed E-state index contributed by atoms with van der Waals surface area (Å²) < 4.78 is 26.7. The van der Waals surface area contributed by atoms with Crippen LogP contribution in [0.3, 0.4) is 0 Å². The third-order valence-electron chi connectivity index (χ3n) is 2.79. The fourth-order valence-corrected chi connectivity index (χ4v) is 2.84. The quantitative estimate of drug-likeness (QED) is 0.813. The molecule has 102 valence electrons. The molecule has 0 spiro atoms. The van der Waals surface area contributed by atoms with Crippen LogP contribution in [0.5, 0.6) is 0 Å². The molecule has 0 atom stereocenters. The average molecular weight is 288 g/mol. The third kappa shape index (κ3) is 3.90. The molecule has 6 heteroatoms. The molecular formula is C12H20N2O2S2. The molecule has 0 heterocycles. The van der Waals surface area contributed by atoms with E-state index in [0.29, 0.717) is 12.2 Å². The first-order valence-corrected chi connectivity index (χ1v) is 8.30. The number of aryl methyl sites for hydroxylation is 1. The summed E-state index contributed by atoms with van der Waals surface area (Å²) in [6, 6.07) is 4.73. The van der Waals surface area contributed by atoms with Gasteiger partial charge in [0, 0.05) is 17.0 Å². The predicted octanol–water partition coefficient (Wildman–Crippen LogP) is 2.00. The van der Waals surface area contributed by atoms with E-state index in [4.69, 9.17) is 5.73 Å². The van der Waals surface area contributed by atoms with Crippen molar-refractivity contribution < 1.29 is 8.42 Å². The second-order valence-corrected chi connectivity index (χ2v) is 8.09. The summed E-state index contributed by atoms with van der Waals surface area (Å²) in [7, 11) is -3.46. The molecule has 0 saturated heterocycles. The number of nitrogen functional groups attached to an aromatic ring is 1. The Morgan fingerprint density at radius 1 is 1.39 bits per heavy atom. The van der Waals surface area contributed by atoms with Gasteiger partial charge in [-0.15, -0.1) is 0 Å². The number of nitrogens with one attached hydrogen (secondary N) is 1. The topological polar surface area (TPSA) is 72.2 Å². The van der Waals surface area contributed by atoms with Gasteiger partial charge in [0.1, 0.15) is 0 Å². The van der Waals surface area contributed by atoms with Gasteiger partial charge in [-0.2, -0.15) is 11.8 Å². The monoisotopic (exact) mass is 288 g/mol. The highest BCUT2D eigenvalue weighted by molar-refractivity contribution is 8.00. The van der Waals surface area contributed by atoms with E-state index in [9.17, 15) is 8.42 Å². The minimum Gasteiger partial charge on any atom is -0.399 e. The first-order chi connectivity index (χ1) is 8.18. The number of sulfonamides is 1. The van der Waals surface area contributed by atoms with Crippen LogP contribution in [0.25, 0.3) is 0 Å². The Kier molecular flexibility index (Phi) is 4.69. The minimum atomic E-state index is -3.46. The van der Waals surface area contributed by atoms with Crippen molar-refractivity contribution >= 4 is 27.5 Å². The van der Waals surface area contributed by atoms with Crippen LogP contribution in [-0.2, 0) is 10.0 Å². The van der Waals surface area contributed by atoms with Crippen molar-refractivity contribution in [3.05, 3.63) is 23.8 Å². The molecule has 0 bridgehead atoms. The van der Waals surface area contributed by atoms with E-state index in [-0.39, 0.29) is 9.64 Å². The van der Waals surface area contributed by atoms with Crippen LogP contribution >= 0.6 is 11.8 Å². The van der Waals surface area contributed by atoms with E-state index in [1.807, 2.05) is 20.1 Å². The predicted molar refractivity (Wildman–Crippen MR) is 78.4 cm³/mol. The Morgan fingerprint density at radius 2 is 2.00 bits per heavy atom. The highest BCUT2D eigenvalue weighted by atomic mass is 32.2. The number of nitrogens with two attached hydrogens (primary N) is 1. The zero-order valence-corrected chi connectivity index (χ0v) is 12.8. The lowest BCUT2D eigenvalue weighted by Gasteiger charge is -2.22. The summed E-state index contributed by atoms with van der Waals surface area (Å²) in [5, 5.41) is 0. The summed E-state index contributed by atoms with van der Waals surface area (Å²) in [4.78, 5) is 0.256. The van der Waals surface area contributed by atoms with E-state index < -0.39 is 10.0 Å². The van der Waals surface area contributed by atoms with E-state index in [1.54, 1.807) is 30.8 Å². The standard InChI is InChI=1S/C12H20N2O2S2/c1-9-7-10(5-6-11(9)13)18(15,16)14-8-12(2,3)17-4/h5-7,14H,8,13H2,1-4H3. The zero-order valence-electron chi connectivity index (χ0n) is 11.1. The van der Waals surface area contributed by atoms with Crippen LogP contribution in [0.15, 0.2) is 23.1 Å². The lowest BCUT2D eigenvalue weighted by atomic mass is 10.2. The van der Waals surface area contributed by atoms with Gasteiger partial charge in [-0.25, -0.2) is 13.1 Å². The number of anilines is 1. The van der Waals surface area contributed by atoms with Gasteiger partial charge in [0.25, 0.3) is 0 Å². The lowest BCUT2D eigenvalue weighted by Crippen LogP contribution is -2.36. The van der Waals surface area contributed by atoms with Crippen molar-refractivity contribution in [2.45, 2.75) is 30.4 Å². The molecule has 18 heavy (non-hydrogen) atoms. The molecule has 0 aliphatic heterocycles. The molecule has 1 aromatic rings. The fraction of sp³-hybridized carbons (Fsp3) is 0.500. The Hall–Kier alpha value is -0.720. The largest absolute Gasteiger partial charge is 0.399 e. The molecule has 0 aliphatic rings. The Morgan fingerprint density at radius 3 is 2.50 bits per heavy atom. The number of rotatable bonds is 5. The number of benzene rings is 1. The second-order valence-electron chi connectivity index (χ2n) is 4.81. The minimum absolute atomic E-state index is 0.129. The van der Waals surface area contributed by atoms with E-state index in [1.165, 1.54) is 6.07 Å².